The van der Waals surface area contributed by atoms with Crippen molar-refractivity contribution in [2.75, 3.05) is 6.54 Å². The molecular formula is C28H38N8O7. The first kappa shape index (κ1) is 32.8. The Hall–Kier alpha value is -4.76. The number of carboxylic acid groups (broad SMARTS) is 2. The summed E-state index contributed by atoms with van der Waals surface area (Å²) in [4.78, 5) is 72.4. The highest BCUT2D eigenvalue weighted by atomic mass is 16.4. The summed E-state index contributed by atoms with van der Waals surface area (Å²) >= 11 is 0. The number of benzene rings is 1. The van der Waals surface area contributed by atoms with Crippen molar-refractivity contribution in [1.29, 1.82) is 0 Å². The molecule has 0 aliphatic carbocycles. The van der Waals surface area contributed by atoms with E-state index in [0.29, 0.717) is 30.6 Å². The number of para-hydroxylation sites is 1. The highest BCUT2D eigenvalue weighted by molar-refractivity contribution is 5.94. The van der Waals surface area contributed by atoms with Crippen LogP contribution in [0.2, 0.25) is 0 Å². The molecule has 1 aromatic carbocycles. The SMILES string of the molecule is NCCCCC(NC(=O)C(Cc1cnc[nH]1)NC(=O)C(N)CCC(=O)O)C(=O)NC(Cc1c[nH]c2ccccc12)C(=O)O. The van der Waals surface area contributed by atoms with Gasteiger partial charge >= 0.3 is 11.9 Å². The van der Waals surface area contributed by atoms with Crippen molar-refractivity contribution >= 4 is 40.6 Å². The lowest BCUT2D eigenvalue weighted by atomic mass is 10.0. The number of amides is 3. The summed E-state index contributed by atoms with van der Waals surface area (Å²) < 4.78 is 0. The number of carboxylic acids is 2. The van der Waals surface area contributed by atoms with Gasteiger partial charge in [-0.3, -0.25) is 19.2 Å². The van der Waals surface area contributed by atoms with Gasteiger partial charge in [-0.15, -0.1) is 0 Å². The lowest BCUT2D eigenvalue weighted by molar-refractivity contribution is -0.142. The smallest absolute Gasteiger partial charge is 0.326 e. The molecule has 0 saturated heterocycles. The average molecular weight is 599 g/mol. The summed E-state index contributed by atoms with van der Waals surface area (Å²) in [6.45, 7) is 0.355. The van der Waals surface area contributed by atoms with E-state index in [1.165, 1.54) is 12.5 Å². The third-order valence-electron chi connectivity index (χ3n) is 6.91. The zero-order valence-corrected chi connectivity index (χ0v) is 23.5. The Balaban J connectivity index is 1.75. The molecule has 3 rings (SSSR count). The quantitative estimate of drug-likeness (QED) is 0.0851. The van der Waals surface area contributed by atoms with Gasteiger partial charge < -0.3 is 47.6 Å². The molecule has 15 nitrogen and oxygen atoms in total. The topological polar surface area (TPSA) is 258 Å². The number of aliphatic carboxylic acids is 2. The molecule has 0 aliphatic rings. The number of aromatic nitrogens is 3. The molecule has 2 aromatic heterocycles. The van der Waals surface area contributed by atoms with E-state index in [1.54, 1.807) is 6.20 Å². The van der Waals surface area contributed by atoms with Crippen LogP contribution in [0.5, 0.6) is 0 Å². The summed E-state index contributed by atoms with van der Waals surface area (Å²) in [5, 5.41) is 27.3. The van der Waals surface area contributed by atoms with Crippen LogP contribution in [0.3, 0.4) is 0 Å². The molecule has 0 saturated carbocycles. The summed E-state index contributed by atoms with van der Waals surface area (Å²) in [6.07, 6.45) is 5.23. The van der Waals surface area contributed by atoms with E-state index in [-0.39, 0.29) is 32.1 Å². The molecule has 0 radical (unpaired) electrons. The van der Waals surface area contributed by atoms with Gasteiger partial charge in [-0.2, -0.15) is 0 Å². The van der Waals surface area contributed by atoms with Crippen molar-refractivity contribution < 1.29 is 34.2 Å². The molecule has 0 spiro atoms. The van der Waals surface area contributed by atoms with Crippen molar-refractivity contribution in [1.82, 2.24) is 30.9 Å². The van der Waals surface area contributed by atoms with E-state index in [0.717, 1.165) is 10.9 Å². The standard InChI is InChI=1S/C28H38N8O7/c29-10-4-3-7-21(26(40)36-23(28(42)43)11-16-13-32-20-6-2-1-5-18(16)20)34-27(41)22(12-17-14-31-15-33-17)35-25(39)19(30)8-9-24(37)38/h1-2,5-6,13-15,19,21-23,32H,3-4,7-12,29-30H2,(H,31,33)(H,34,41)(H,35,39)(H,36,40)(H,37,38)(H,42,43). The van der Waals surface area contributed by atoms with Gasteiger partial charge in [0.1, 0.15) is 18.1 Å². The fourth-order valence-electron chi connectivity index (χ4n) is 4.54. The molecule has 15 heteroatoms. The van der Waals surface area contributed by atoms with Crippen LogP contribution in [-0.2, 0) is 36.8 Å². The van der Waals surface area contributed by atoms with Gasteiger partial charge in [0.25, 0.3) is 0 Å². The highest BCUT2D eigenvalue weighted by Crippen LogP contribution is 2.19. The largest absolute Gasteiger partial charge is 0.481 e. The maximum atomic E-state index is 13.4. The van der Waals surface area contributed by atoms with Crippen molar-refractivity contribution in [3.05, 3.63) is 54.2 Å². The van der Waals surface area contributed by atoms with Crippen LogP contribution < -0.4 is 27.4 Å². The zero-order valence-electron chi connectivity index (χ0n) is 23.5. The molecule has 3 aromatic rings. The van der Waals surface area contributed by atoms with Gasteiger partial charge in [-0.1, -0.05) is 18.2 Å². The van der Waals surface area contributed by atoms with Crippen molar-refractivity contribution in [2.24, 2.45) is 11.5 Å². The zero-order chi connectivity index (χ0) is 31.4. The number of imidazole rings is 1. The number of hydrogen-bond donors (Lipinski definition) is 9. The molecule has 3 amide bonds. The van der Waals surface area contributed by atoms with Crippen LogP contribution >= 0.6 is 0 Å². The first-order valence-electron chi connectivity index (χ1n) is 13.9. The Morgan fingerprint density at radius 2 is 1.56 bits per heavy atom. The third kappa shape index (κ3) is 9.93. The number of carbonyl (C=O) groups is 5. The van der Waals surface area contributed by atoms with Gasteiger partial charge in [-0.05, 0) is 43.9 Å². The van der Waals surface area contributed by atoms with E-state index >= 15 is 0 Å². The summed E-state index contributed by atoms with van der Waals surface area (Å²) in [5.41, 5.74) is 13.5. The Morgan fingerprint density at radius 3 is 2.23 bits per heavy atom. The second-order valence-corrected chi connectivity index (χ2v) is 10.2. The molecule has 11 N–H and O–H groups in total. The number of aromatic amines is 2. The normalized spacial score (nSPS) is 13.9. The van der Waals surface area contributed by atoms with Crippen LogP contribution in [-0.4, -0.2) is 85.5 Å². The first-order chi connectivity index (χ1) is 20.6. The number of fused-ring (bicyclic) bond motifs is 1. The minimum Gasteiger partial charge on any atom is -0.481 e. The predicted molar refractivity (Wildman–Crippen MR) is 155 cm³/mol. The maximum Gasteiger partial charge on any atom is 0.326 e. The predicted octanol–water partition coefficient (Wildman–Crippen LogP) is -0.464. The van der Waals surface area contributed by atoms with Crippen LogP contribution in [0.15, 0.2) is 43.0 Å². The molecule has 2 heterocycles. The minimum absolute atomic E-state index is 0.00128. The van der Waals surface area contributed by atoms with Gasteiger partial charge in [-0.25, -0.2) is 9.78 Å². The summed E-state index contributed by atoms with van der Waals surface area (Å²) in [5.74, 6) is -4.53. The lowest BCUT2D eigenvalue weighted by Gasteiger charge is -2.25. The Labute approximate surface area is 247 Å². The minimum atomic E-state index is -1.28. The van der Waals surface area contributed by atoms with Crippen molar-refractivity contribution in [2.45, 2.75) is 69.1 Å². The number of hydrogen-bond acceptors (Lipinski definition) is 8. The number of nitrogens with two attached hydrogens (primary N) is 2. The summed E-state index contributed by atoms with van der Waals surface area (Å²) in [7, 11) is 0. The van der Waals surface area contributed by atoms with E-state index < -0.39 is 53.8 Å². The first-order valence-corrected chi connectivity index (χ1v) is 13.9. The average Bonchev–Trinajstić information content (AvgIpc) is 3.64. The van der Waals surface area contributed by atoms with E-state index in [2.05, 4.69) is 30.9 Å². The van der Waals surface area contributed by atoms with Crippen molar-refractivity contribution in [3.63, 3.8) is 0 Å². The van der Waals surface area contributed by atoms with E-state index in [4.69, 9.17) is 16.6 Å². The highest BCUT2D eigenvalue weighted by Gasteiger charge is 2.31. The Kier molecular flexibility index (Phi) is 12.2. The molecule has 0 fully saturated rings. The molecule has 43 heavy (non-hydrogen) atoms. The van der Waals surface area contributed by atoms with Crippen molar-refractivity contribution in [3.8, 4) is 0 Å². The van der Waals surface area contributed by atoms with Gasteiger partial charge in [0, 0.05) is 48.3 Å². The molecule has 4 atom stereocenters. The van der Waals surface area contributed by atoms with E-state index in [1.807, 2.05) is 24.3 Å². The summed E-state index contributed by atoms with van der Waals surface area (Å²) in [6, 6.07) is 2.58. The molecule has 4 unspecified atom stereocenters. The molecule has 0 aliphatic heterocycles. The fourth-order valence-corrected chi connectivity index (χ4v) is 4.54. The number of nitrogens with one attached hydrogen (secondary N) is 5. The second-order valence-electron chi connectivity index (χ2n) is 10.2. The van der Waals surface area contributed by atoms with Crippen LogP contribution in [0.1, 0.15) is 43.4 Å². The van der Waals surface area contributed by atoms with Gasteiger partial charge in [0.2, 0.25) is 17.7 Å². The molecular weight excluding hydrogens is 560 g/mol. The molecule has 0 bridgehead atoms. The number of nitrogens with zero attached hydrogens (tertiary/aromatic N) is 1. The van der Waals surface area contributed by atoms with E-state index in [9.17, 15) is 29.1 Å². The number of unbranched alkanes of at least 4 members (excludes halogenated alkanes) is 1. The lowest BCUT2D eigenvalue weighted by Crippen LogP contribution is -2.57. The number of H-pyrrole nitrogens is 2. The Bertz CT molecular complexity index is 1390. The van der Waals surface area contributed by atoms with Crippen LogP contribution in [0, 0.1) is 0 Å². The molecule has 232 valence electrons. The number of rotatable bonds is 18. The third-order valence-corrected chi connectivity index (χ3v) is 6.91. The Morgan fingerprint density at radius 1 is 0.860 bits per heavy atom. The fraction of sp³-hybridized carbons (Fsp3) is 0.429. The van der Waals surface area contributed by atoms with Crippen LogP contribution in [0.25, 0.3) is 10.9 Å². The van der Waals surface area contributed by atoms with Crippen LogP contribution in [0.4, 0.5) is 0 Å². The second kappa shape index (κ2) is 16.0. The number of carbonyl (C=O) groups excluding carboxylic acids is 3. The van der Waals surface area contributed by atoms with Gasteiger partial charge in [0.15, 0.2) is 0 Å². The van der Waals surface area contributed by atoms with Gasteiger partial charge in [0.05, 0.1) is 12.4 Å². The monoisotopic (exact) mass is 598 g/mol. The maximum absolute atomic E-state index is 13.4.